The van der Waals surface area contributed by atoms with Crippen LogP contribution in [0.15, 0.2) is 42.6 Å². The first-order valence-corrected chi connectivity index (χ1v) is 12.3. The minimum atomic E-state index is -0.542. The van der Waals surface area contributed by atoms with Crippen molar-refractivity contribution in [2.75, 3.05) is 31.0 Å². The lowest BCUT2D eigenvalue weighted by Gasteiger charge is -2.40. The third kappa shape index (κ3) is 4.93. The Bertz CT molecular complexity index is 1100. The second-order valence-corrected chi connectivity index (χ2v) is 8.98. The summed E-state index contributed by atoms with van der Waals surface area (Å²) in [4.78, 5) is 17.5. The van der Waals surface area contributed by atoms with Crippen LogP contribution in [-0.2, 0) is 19.0 Å². The van der Waals surface area contributed by atoms with Gasteiger partial charge in [0.2, 0.25) is 0 Å². The number of benzene rings is 1. The van der Waals surface area contributed by atoms with Crippen LogP contribution >= 0.6 is 15.9 Å². The van der Waals surface area contributed by atoms with Gasteiger partial charge in [-0.3, -0.25) is 4.79 Å². The van der Waals surface area contributed by atoms with Crippen LogP contribution in [0.4, 0.5) is 5.69 Å². The molecule has 1 aliphatic heterocycles. The average Bonchev–Trinajstić information content (AvgIpc) is 3.13. The van der Waals surface area contributed by atoms with Crippen molar-refractivity contribution in [3.63, 3.8) is 0 Å². The summed E-state index contributed by atoms with van der Waals surface area (Å²) in [5.41, 5.74) is 5.75. The molecule has 3 heterocycles. The van der Waals surface area contributed by atoms with Gasteiger partial charge in [-0.25, -0.2) is 4.98 Å². The highest BCUT2D eigenvalue weighted by molar-refractivity contribution is 9.09. The molecule has 1 aliphatic rings. The van der Waals surface area contributed by atoms with Gasteiger partial charge in [0.15, 0.2) is 11.8 Å². The molecule has 0 saturated heterocycles. The lowest BCUT2D eigenvalue weighted by molar-refractivity contribution is -0.161. The molecular weight excluding hydrogens is 486 g/mol. The Morgan fingerprint density at radius 1 is 1.18 bits per heavy atom. The predicted octanol–water partition coefficient (Wildman–Crippen LogP) is 4.91. The zero-order valence-corrected chi connectivity index (χ0v) is 20.8. The van der Waals surface area contributed by atoms with Crippen molar-refractivity contribution in [2.24, 2.45) is 0 Å². The minimum absolute atomic E-state index is 0.237. The molecule has 0 spiro atoms. The van der Waals surface area contributed by atoms with Crippen molar-refractivity contribution in [1.82, 2.24) is 9.38 Å². The number of carbonyl (C=O) groups is 1. The van der Waals surface area contributed by atoms with Crippen LogP contribution < -0.4 is 5.32 Å². The molecule has 0 bridgehead atoms. The minimum Gasteiger partial charge on any atom is -0.457 e. The fourth-order valence-electron chi connectivity index (χ4n) is 4.26. The summed E-state index contributed by atoms with van der Waals surface area (Å²) in [7, 11) is 1.64. The van der Waals surface area contributed by atoms with Gasteiger partial charge in [0, 0.05) is 36.3 Å². The van der Waals surface area contributed by atoms with Gasteiger partial charge in [0.05, 0.1) is 30.6 Å². The lowest BCUT2D eigenvalue weighted by atomic mass is 9.88. The van der Waals surface area contributed by atoms with E-state index in [0.717, 1.165) is 39.2 Å². The van der Waals surface area contributed by atoms with E-state index in [1.807, 2.05) is 49.5 Å². The zero-order chi connectivity index (χ0) is 23.4. The number of carbonyl (C=O) groups excluding carboxylic acids is 1. The molecule has 7 nitrogen and oxygen atoms in total. The Labute approximate surface area is 202 Å². The maximum absolute atomic E-state index is 12.7. The number of rotatable bonds is 9. The maximum atomic E-state index is 12.7. The van der Waals surface area contributed by atoms with Crippen LogP contribution in [0.5, 0.6) is 0 Å². The van der Waals surface area contributed by atoms with Crippen LogP contribution in [0.25, 0.3) is 5.65 Å². The Kier molecular flexibility index (Phi) is 7.67. The van der Waals surface area contributed by atoms with E-state index >= 15 is 0 Å². The standard InChI is InChI=1S/C25H30BrN3O4/c1-16-17(2)29-13-11-19-22(25(29)27-16)28-21(18-8-5-4-6-9-18)24(23(19)32-15-14-31-3)33-20(30)10-7-12-26/h4-6,8-9,11,13,21,23-24,28H,7,10,12,14-15H2,1-3H3/t21-,23-,24-/m1/s1. The number of halogens is 1. The summed E-state index contributed by atoms with van der Waals surface area (Å²) in [6.45, 7) is 4.89. The molecule has 3 aromatic rings. The Morgan fingerprint density at radius 3 is 2.70 bits per heavy atom. The number of nitrogens with one attached hydrogen (secondary N) is 1. The van der Waals surface area contributed by atoms with Crippen molar-refractivity contribution in [3.8, 4) is 0 Å². The van der Waals surface area contributed by atoms with E-state index in [4.69, 9.17) is 19.2 Å². The van der Waals surface area contributed by atoms with Gasteiger partial charge in [-0.15, -0.1) is 0 Å². The Hall–Kier alpha value is -2.42. The molecule has 1 N–H and O–H groups in total. The summed E-state index contributed by atoms with van der Waals surface area (Å²) >= 11 is 3.39. The lowest BCUT2D eigenvalue weighted by Crippen LogP contribution is -2.41. The van der Waals surface area contributed by atoms with E-state index in [1.165, 1.54) is 0 Å². The fraction of sp³-hybridized carbons (Fsp3) is 0.440. The summed E-state index contributed by atoms with van der Waals surface area (Å²) in [6, 6.07) is 11.8. The second kappa shape index (κ2) is 10.7. The van der Waals surface area contributed by atoms with Gasteiger partial charge in [0.1, 0.15) is 6.10 Å². The molecule has 0 aliphatic carbocycles. The Balaban J connectivity index is 1.81. The summed E-state index contributed by atoms with van der Waals surface area (Å²) in [6.07, 6.45) is 2.06. The summed E-state index contributed by atoms with van der Waals surface area (Å²) < 4.78 is 19.7. The van der Waals surface area contributed by atoms with Crippen molar-refractivity contribution >= 4 is 33.2 Å². The highest BCUT2D eigenvalue weighted by atomic mass is 79.9. The van der Waals surface area contributed by atoms with Crippen LogP contribution in [0.1, 0.15) is 47.5 Å². The molecule has 0 radical (unpaired) electrons. The highest BCUT2D eigenvalue weighted by Gasteiger charge is 2.42. The quantitative estimate of drug-likeness (QED) is 0.248. The number of esters is 1. The number of hydrogen-bond donors (Lipinski definition) is 1. The van der Waals surface area contributed by atoms with Crippen molar-refractivity contribution in [2.45, 2.75) is 44.9 Å². The first kappa shape index (κ1) is 23.7. The number of fused-ring (bicyclic) bond motifs is 3. The number of pyridine rings is 1. The van der Waals surface area contributed by atoms with E-state index in [0.29, 0.717) is 26.1 Å². The molecule has 0 amide bonds. The SMILES string of the molecule is COCCO[C@@H]1c2ccn3c(C)c(C)nc3c2N[C@H](c2ccccc2)[C@H]1OC(=O)CCCBr. The molecule has 3 atom stereocenters. The maximum Gasteiger partial charge on any atom is 0.306 e. The molecule has 2 aromatic heterocycles. The number of aromatic nitrogens is 2. The number of ether oxygens (including phenoxy) is 3. The molecule has 0 saturated carbocycles. The van der Waals surface area contributed by atoms with Crippen molar-refractivity contribution in [1.29, 1.82) is 0 Å². The molecule has 4 rings (SSSR count). The zero-order valence-electron chi connectivity index (χ0n) is 19.2. The highest BCUT2D eigenvalue weighted by Crippen LogP contribution is 2.44. The first-order chi connectivity index (χ1) is 16.0. The number of imidazole rings is 1. The van der Waals surface area contributed by atoms with Gasteiger partial charge in [-0.1, -0.05) is 46.3 Å². The van der Waals surface area contributed by atoms with E-state index in [1.54, 1.807) is 7.11 Å². The largest absolute Gasteiger partial charge is 0.457 e. The molecule has 1 aromatic carbocycles. The van der Waals surface area contributed by atoms with Crippen LogP contribution in [0, 0.1) is 13.8 Å². The van der Waals surface area contributed by atoms with Crippen LogP contribution in [0.3, 0.4) is 0 Å². The average molecular weight is 516 g/mol. The van der Waals surface area contributed by atoms with Gasteiger partial charge in [0.25, 0.3) is 0 Å². The summed E-state index contributed by atoms with van der Waals surface area (Å²) in [5.74, 6) is -0.237. The first-order valence-electron chi connectivity index (χ1n) is 11.2. The number of anilines is 1. The number of alkyl halides is 1. The number of nitrogens with zero attached hydrogens (tertiary/aromatic N) is 2. The normalized spacial score (nSPS) is 19.8. The Morgan fingerprint density at radius 2 is 1.97 bits per heavy atom. The molecule has 0 fully saturated rings. The van der Waals surface area contributed by atoms with Crippen LogP contribution in [0.2, 0.25) is 0 Å². The van der Waals surface area contributed by atoms with Gasteiger partial charge in [-0.05, 0) is 31.9 Å². The van der Waals surface area contributed by atoms with E-state index in [2.05, 4.69) is 32.6 Å². The van der Waals surface area contributed by atoms with Gasteiger partial charge in [-0.2, -0.15) is 0 Å². The van der Waals surface area contributed by atoms with Crippen molar-refractivity contribution < 1.29 is 19.0 Å². The number of methoxy groups -OCH3 is 1. The molecule has 0 unspecified atom stereocenters. The molecule has 176 valence electrons. The van der Waals surface area contributed by atoms with Gasteiger partial charge >= 0.3 is 5.97 Å². The van der Waals surface area contributed by atoms with E-state index < -0.39 is 12.2 Å². The molecule has 33 heavy (non-hydrogen) atoms. The smallest absolute Gasteiger partial charge is 0.306 e. The second-order valence-electron chi connectivity index (χ2n) is 8.19. The predicted molar refractivity (Wildman–Crippen MR) is 131 cm³/mol. The molecule has 8 heteroatoms. The molecular formula is C25H30BrN3O4. The number of aryl methyl sites for hydroxylation is 2. The number of hydrogen-bond acceptors (Lipinski definition) is 6. The third-order valence-corrected chi connectivity index (χ3v) is 6.62. The van der Waals surface area contributed by atoms with E-state index in [9.17, 15) is 4.79 Å². The van der Waals surface area contributed by atoms with Gasteiger partial charge < -0.3 is 23.9 Å². The van der Waals surface area contributed by atoms with Crippen molar-refractivity contribution in [3.05, 3.63) is 65.1 Å². The van der Waals surface area contributed by atoms with E-state index in [-0.39, 0.29) is 12.0 Å². The summed E-state index contributed by atoms with van der Waals surface area (Å²) in [5, 5.41) is 4.40. The van der Waals surface area contributed by atoms with Crippen LogP contribution in [-0.4, -0.2) is 47.1 Å². The third-order valence-electron chi connectivity index (χ3n) is 6.06. The monoisotopic (exact) mass is 515 g/mol. The topological polar surface area (TPSA) is 74.1 Å². The fourth-order valence-corrected chi connectivity index (χ4v) is 4.54.